The zero-order valence-electron chi connectivity index (χ0n) is 14.0. The number of carbonyl (C=O) groups excluding carboxylic acids is 1. The van der Waals surface area contributed by atoms with Crippen LogP contribution in [0.3, 0.4) is 0 Å². The summed E-state index contributed by atoms with van der Waals surface area (Å²) in [6.45, 7) is 7.24. The van der Waals surface area contributed by atoms with Crippen molar-refractivity contribution in [3.63, 3.8) is 0 Å². The Balaban J connectivity index is 1.63. The second-order valence-corrected chi connectivity index (χ2v) is 7.07. The molecule has 3 aliphatic rings. The first-order valence-electron chi connectivity index (χ1n) is 8.95. The molecule has 0 aromatic rings. The van der Waals surface area contributed by atoms with Crippen molar-refractivity contribution in [1.29, 1.82) is 0 Å². The molecule has 3 aliphatic heterocycles. The summed E-state index contributed by atoms with van der Waals surface area (Å²) in [4.78, 5) is 17.3. The third kappa shape index (κ3) is 3.47. The summed E-state index contributed by atoms with van der Waals surface area (Å²) in [7, 11) is 0. The van der Waals surface area contributed by atoms with E-state index in [4.69, 9.17) is 9.47 Å². The predicted molar refractivity (Wildman–Crippen MR) is 84.5 cm³/mol. The lowest BCUT2D eigenvalue weighted by Gasteiger charge is -2.42. The molecule has 0 aromatic carbocycles. The van der Waals surface area contributed by atoms with Gasteiger partial charge in [-0.15, -0.1) is 0 Å². The Kier molecular flexibility index (Phi) is 5.37. The van der Waals surface area contributed by atoms with E-state index in [0.29, 0.717) is 31.8 Å². The molecular formula is C17H30N2O3. The van der Waals surface area contributed by atoms with Gasteiger partial charge in [-0.2, -0.15) is 0 Å². The number of carbonyl (C=O) groups is 1. The fraction of sp³-hybridized carbons (Fsp3) is 0.941. The summed E-state index contributed by atoms with van der Waals surface area (Å²) in [5.41, 5.74) is 0. The summed E-state index contributed by atoms with van der Waals surface area (Å²) in [6, 6.07) is 0.993. The zero-order valence-corrected chi connectivity index (χ0v) is 14.0. The van der Waals surface area contributed by atoms with Gasteiger partial charge in [0.15, 0.2) is 6.29 Å². The SMILES string of the molecule is C[C@@H]1CCC[C@@H](C)N1C(=O)CN1CCCC[C@H]1C1OCCO1. The van der Waals surface area contributed by atoms with Gasteiger partial charge in [0.2, 0.25) is 5.91 Å². The molecule has 0 bridgehead atoms. The van der Waals surface area contributed by atoms with Gasteiger partial charge in [-0.25, -0.2) is 0 Å². The lowest BCUT2D eigenvalue weighted by atomic mass is 9.97. The Hall–Kier alpha value is -0.650. The van der Waals surface area contributed by atoms with Crippen LogP contribution in [0.2, 0.25) is 0 Å². The Bertz CT molecular complexity index is 374. The number of nitrogens with zero attached hydrogens (tertiary/aromatic N) is 2. The van der Waals surface area contributed by atoms with Crippen LogP contribution in [-0.2, 0) is 14.3 Å². The van der Waals surface area contributed by atoms with E-state index in [1.807, 2.05) is 0 Å². The second-order valence-electron chi connectivity index (χ2n) is 7.07. The fourth-order valence-electron chi connectivity index (χ4n) is 4.29. The average Bonchev–Trinajstić information content (AvgIpc) is 3.01. The van der Waals surface area contributed by atoms with Gasteiger partial charge in [0, 0.05) is 12.1 Å². The quantitative estimate of drug-likeness (QED) is 0.799. The van der Waals surface area contributed by atoms with Crippen LogP contribution in [0.4, 0.5) is 0 Å². The van der Waals surface area contributed by atoms with Crippen LogP contribution < -0.4 is 0 Å². The standard InChI is InChI=1S/C17H30N2O3/c1-13-6-5-7-14(2)19(13)16(20)12-18-9-4-3-8-15(18)17-21-10-11-22-17/h13-15,17H,3-12H2,1-2H3/t13-,14-,15+/m1/s1. The maximum absolute atomic E-state index is 12.9. The summed E-state index contributed by atoms with van der Waals surface area (Å²) in [5, 5.41) is 0. The highest BCUT2D eigenvalue weighted by Gasteiger charge is 2.36. The Morgan fingerprint density at radius 1 is 1.00 bits per heavy atom. The van der Waals surface area contributed by atoms with E-state index in [1.54, 1.807) is 0 Å². The van der Waals surface area contributed by atoms with Gasteiger partial charge in [0.25, 0.3) is 0 Å². The minimum absolute atomic E-state index is 0.135. The number of rotatable bonds is 3. The molecule has 3 rings (SSSR count). The molecule has 126 valence electrons. The average molecular weight is 310 g/mol. The van der Waals surface area contributed by atoms with E-state index >= 15 is 0 Å². The van der Waals surface area contributed by atoms with Crippen molar-refractivity contribution >= 4 is 5.91 Å². The number of ether oxygens (including phenoxy) is 2. The highest BCUT2D eigenvalue weighted by molar-refractivity contribution is 5.79. The van der Waals surface area contributed by atoms with Gasteiger partial charge >= 0.3 is 0 Å². The Labute approximate surface area is 133 Å². The molecule has 0 aliphatic carbocycles. The molecule has 0 aromatic heterocycles. The van der Waals surface area contributed by atoms with Crippen LogP contribution in [0.5, 0.6) is 0 Å². The molecule has 0 radical (unpaired) electrons. The smallest absolute Gasteiger partial charge is 0.237 e. The van der Waals surface area contributed by atoms with E-state index < -0.39 is 0 Å². The van der Waals surface area contributed by atoms with Crippen LogP contribution >= 0.6 is 0 Å². The molecule has 0 unspecified atom stereocenters. The van der Waals surface area contributed by atoms with Gasteiger partial charge in [0.1, 0.15) is 0 Å². The maximum Gasteiger partial charge on any atom is 0.237 e. The first-order chi connectivity index (χ1) is 10.7. The molecule has 3 saturated heterocycles. The molecule has 0 N–H and O–H groups in total. The maximum atomic E-state index is 12.9. The normalized spacial score (nSPS) is 35.0. The molecule has 3 heterocycles. The number of hydrogen-bond donors (Lipinski definition) is 0. The summed E-state index contributed by atoms with van der Waals surface area (Å²) >= 11 is 0. The van der Waals surface area contributed by atoms with Crippen LogP contribution in [0.15, 0.2) is 0 Å². The molecule has 22 heavy (non-hydrogen) atoms. The third-order valence-electron chi connectivity index (χ3n) is 5.45. The second kappa shape index (κ2) is 7.28. The lowest BCUT2D eigenvalue weighted by Crippen LogP contribution is -2.55. The van der Waals surface area contributed by atoms with Crippen LogP contribution in [0, 0.1) is 0 Å². The van der Waals surface area contributed by atoms with Gasteiger partial charge in [-0.3, -0.25) is 9.69 Å². The van der Waals surface area contributed by atoms with Gasteiger partial charge in [-0.05, 0) is 52.5 Å². The van der Waals surface area contributed by atoms with Crippen molar-refractivity contribution in [3.05, 3.63) is 0 Å². The van der Waals surface area contributed by atoms with Crippen molar-refractivity contribution in [2.24, 2.45) is 0 Å². The van der Waals surface area contributed by atoms with Crippen molar-refractivity contribution in [1.82, 2.24) is 9.80 Å². The molecule has 1 amide bonds. The molecule has 0 saturated carbocycles. The van der Waals surface area contributed by atoms with Crippen molar-refractivity contribution in [2.45, 2.75) is 76.8 Å². The third-order valence-corrected chi connectivity index (χ3v) is 5.45. The number of amides is 1. The first kappa shape index (κ1) is 16.2. The largest absolute Gasteiger partial charge is 0.349 e. The highest BCUT2D eigenvalue weighted by Crippen LogP contribution is 2.26. The van der Waals surface area contributed by atoms with Crippen LogP contribution in [0.1, 0.15) is 52.4 Å². The zero-order chi connectivity index (χ0) is 15.5. The molecule has 5 nitrogen and oxygen atoms in total. The molecule has 3 atom stereocenters. The summed E-state index contributed by atoms with van der Waals surface area (Å²) < 4.78 is 11.4. The molecular weight excluding hydrogens is 280 g/mol. The van der Waals surface area contributed by atoms with Crippen molar-refractivity contribution < 1.29 is 14.3 Å². The van der Waals surface area contributed by atoms with E-state index in [9.17, 15) is 4.79 Å². The minimum Gasteiger partial charge on any atom is -0.349 e. The Morgan fingerprint density at radius 2 is 1.68 bits per heavy atom. The van der Waals surface area contributed by atoms with Crippen molar-refractivity contribution in [2.75, 3.05) is 26.3 Å². The monoisotopic (exact) mass is 310 g/mol. The first-order valence-corrected chi connectivity index (χ1v) is 8.95. The van der Waals surface area contributed by atoms with Crippen LogP contribution in [0.25, 0.3) is 0 Å². The predicted octanol–water partition coefficient (Wildman–Crippen LogP) is 2.00. The minimum atomic E-state index is -0.135. The Morgan fingerprint density at radius 3 is 2.36 bits per heavy atom. The van der Waals surface area contributed by atoms with Gasteiger partial charge in [0.05, 0.1) is 25.8 Å². The van der Waals surface area contributed by atoms with Crippen LogP contribution in [-0.4, -0.2) is 66.4 Å². The lowest BCUT2D eigenvalue weighted by molar-refractivity contribution is -0.145. The van der Waals surface area contributed by atoms with Gasteiger partial charge < -0.3 is 14.4 Å². The molecule has 0 spiro atoms. The molecule has 5 heteroatoms. The number of hydrogen-bond acceptors (Lipinski definition) is 4. The van der Waals surface area contributed by atoms with Gasteiger partial charge in [-0.1, -0.05) is 6.42 Å². The van der Waals surface area contributed by atoms with Crippen molar-refractivity contribution in [3.8, 4) is 0 Å². The highest BCUT2D eigenvalue weighted by atomic mass is 16.7. The fourth-order valence-corrected chi connectivity index (χ4v) is 4.29. The number of likely N-dealkylation sites (tertiary alicyclic amines) is 2. The summed E-state index contributed by atoms with van der Waals surface area (Å²) in [5.74, 6) is 0.282. The number of piperidine rings is 2. The molecule has 3 fully saturated rings. The topological polar surface area (TPSA) is 42.0 Å². The van der Waals surface area contributed by atoms with E-state index in [-0.39, 0.29) is 18.2 Å². The summed E-state index contributed by atoms with van der Waals surface area (Å²) in [6.07, 6.45) is 6.81. The van der Waals surface area contributed by atoms with E-state index in [1.165, 1.54) is 19.3 Å². The van der Waals surface area contributed by atoms with E-state index in [2.05, 4.69) is 23.6 Å². The van der Waals surface area contributed by atoms with E-state index in [0.717, 1.165) is 25.8 Å².